The van der Waals surface area contributed by atoms with E-state index in [1.54, 1.807) is 0 Å². The summed E-state index contributed by atoms with van der Waals surface area (Å²) in [5, 5.41) is 4.21. The maximum absolute atomic E-state index is 5.77. The minimum absolute atomic E-state index is 0.669. The zero-order valence-corrected chi connectivity index (χ0v) is 10.3. The highest BCUT2D eigenvalue weighted by molar-refractivity contribution is 5.04. The number of nitrogens with two attached hydrogens (primary N) is 1. The van der Waals surface area contributed by atoms with Crippen LogP contribution in [-0.4, -0.2) is 33.8 Å². The highest BCUT2D eigenvalue weighted by atomic mass is 15.2. The summed E-state index contributed by atoms with van der Waals surface area (Å²) in [6.45, 7) is 5.26. The van der Waals surface area contributed by atoms with Crippen molar-refractivity contribution in [2.45, 2.75) is 32.4 Å². The number of rotatable bonds is 3. The van der Waals surface area contributed by atoms with Gasteiger partial charge in [0.15, 0.2) is 0 Å². The van der Waals surface area contributed by atoms with Crippen molar-refractivity contribution in [3.8, 4) is 0 Å². The lowest BCUT2D eigenvalue weighted by Gasteiger charge is -2.37. The quantitative estimate of drug-likeness (QED) is 0.829. The Morgan fingerprint density at radius 1 is 1.50 bits per heavy atom. The number of hydrogen-bond acceptors (Lipinski definition) is 3. The summed E-state index contributed by atoms with van der Waals surface area (Å²) < 4.78 is 1.87. The molecule has 1 aliphatic rings. The molecule has 2 N–H and O–H groups in total. The molecule has 1 aliphatic heterocycles. The third kappa shape index (κ3) is 2.62. The lowest BCUT2D eigenvalue weighted by Crippen LogP contribution is -2.43. The molecule has 0 aliphatic carbocycles. The van der Waals surface area contributed by atoms with E-state index < -0.39 is 0 Å². The molecule has 1 aromatic heterocycles. The first-order valence-corrected chi connectivity index (χ1v) is 6.10. The first-order valence-electron chi connectivity index (χ1n) is 6.10. The first kappa shape index (κ1) is 11.6. The number of hydrogen-bond donors (Lipinski definition) is 1. The summed E-state index contributed by atoms with van der Waals surface area (Å²) in [6.07, 6.45) is 6.60. The number of likely N-dealkylation sites (tertiary alicyclic amines) is 1. The third-order valence-electron chi connectivity index (χ3n) is 3.59. The van der Waals surface area contributed by atoms with Crippen LogP contribution in [0.3, 0.4) is 0 Å². The minimum Gasteiger partial charge on any atom is -0.330 e. The molecule has 1 saturated heterocycles. The lowest BCUT2D eigenvalue weighted by molar-refractivity contribution is 0.113. The van der Waals surface area contributed by atoms with Gasteiger partial charge in [-0.25, -0.2) is 0 Å². The van der Waals surface area contributed by atoms with Crippen LogP contribution in [0.25, 0.3) is 0 Å². The molecule has 0 radical (unpaired) electrons. The van der Waals surface area contributed by atoms with Crippen molar-refractivity contribution in [3.63, 3.8) is 0 Å². The zero-order chi connectivity index (χ0) is 11.5. The number of nitrogens with zero attached hydrogens (tertiary/aromatic N) is 3. The summed E-state index contributed by atoms with van der Waals surface area (Å²) in [6, 6.07) is 0.669. The van der Waals surface area contributed by atoms with Crippen molar-refractivity contribution in [2.75, 3.05) is 13.1 Å². The standard InChI is InChI=1S/C12H22N4/c1-10-3-4-11(5-13)8-16(10)9-12-6-14-15(2)7-12/h6-7,10-11H,3-5,8-9,13H2,1-2H3. The largest absolute Gasteiger partial charge is 0.330 e. The van der Waals surface area contributed by atoms with Gasteiger partial charge in [0.05, 0.1) is 6.20 Å². The fraction of sp³-hybridized carbons (Fsp3) is 0.750. The fourth-order valence-electron chi connectivity index (χ4n) is 2.46. The number of piperidine rings is 1. The van der Waals surface area contributed by atoms with Crippen molar-refractivity contribution in [2.24, 2.45) is 18.7 Å². The van der Waals surface area contributed by atoms with Gasteiger partial charge in [0.2, 0.25) is 0 Å². The van der Waals surface area contributed by atoms with Crippen LogP contribution in [0, 0.1) is 5.92 Å². The van der Waals surface area contributed by atoms with Gasteiger partial charge in [-0.1, -0.05) is 0 Å². The Morgan fingerprint density at radius 3 is 2.94 bits per heavy atom. The second kappa shape index (κ2) is 4.97. The molecule has 2 rings (SSSR count). The van der Waals surface area contributed by atoms with Crippen molar-refractivity contribution in [3.05, 3.63) is 18.0 Å². The van der Waals surface area contributed by atoms with E-state index in [-0.39, 0.29) is 0 Å². The molecule has 0 bridgehead atoms. The Labute approximate surface area is 97.4 Å². The van der Waals surface area contributed by atoms with Gasteiger partial charge in [0, 0.05) is 37.9 Å². The summed E-state index contributed by atoms with van der Waals surface area (Å²) in [5.41, 5.74) is 7.06. The molecule has 2 unspecified atom stereocenters. The average molecular weight is 222 g/mol. The van der Waals surface area contributed by atoms with E-state index in [2.05, 4.69) is 23.1 Å². The predicted molar refractivity (Wildman–Crippen MR) is 64.9 cm³/mol. The highest BCUT2D eigenvalue weighted by Gasteiger charge is 2.24. The van der Waals surface area contributed by atoms with E-state index in [1.165, 1.54) is 18.4 Å². The van der Waals surface area contributed by atoms with E-state index in [4.69, 9.17) is 5.73 Å². The maximum atomic E-state index is 5.77. The van der Waals surface area contributed by atoms with Crippen molar-refractivity contribution in [1.82, 2.24) is 14.7 Å². The van der Waals surface area contributed by atoms with Crippen LogP contribution < -0.4 is 5.73 Å². The normalized spacial score (nSPS) is 27.2. The molecule has 2 atom stereocenters. The Morgan fingerprint density at radius 2 is 2.31 bits per heavy atom. The second-order valence-corrected chi connectivity index (χ2v) is 4.98. The van der Waals surface area contributed by atoms with Gasteiger partial charge >= 0.3 is 0 Å². The maximum Gasteiger partial charge on any atom is 0.0534 e. The molecule has 2 heterocycles. The van der Waals surface area contributed by atoms with Gasteiger partial charge in [0.1, 0.15) is 0 Å². The number of aryl methyl sites for hydroxylation is 1. The zero-order valence-electron chi connectivity index (χ0n) is 10.3. The summed E-state index contributed by atoms with van der Waals surface area (Å²) in [7, 11) is 1.96. The van der Waals surface area contributed by atoms with E-state index in [1.807, 2.05) is 17.9 Å². The van der Waals surface area contributed by atoms with Crippen LogP contribution in [0.2, 0.25) is 0 Å². The summed E-state index contributed by atoms with van der Waals surface area (Å²) in [5.74, 6) is 0.674. The average Bonchev–Trinajstić information content (AvgIpc) is 2.67. The van der Waals surface area contributed by atoms with E-state index in [0.717, 1.165) is 19.6 Å². The van der Waals surface area contributed by atoms with Crippen LogP contribution in [0.15, 0.2) is 12.4 Å². The molecular weight excluding hydrogens is 200 g/mol. The molecule has 4 nitrogen and oxygen atoms in total. The molecular formula is C12H22N4. The molecule has 0 amide bonds. The Bertz CT molecular complexity index is 334. The minimum atomic E-state index is 0.669. The van der Waals surface area contributed by atoms with E-state index >= 15 is 0 Å². The van der Waals surface area contributed by atoms with Crippen molar-refractivity contribution < 1.29 is 0 Å². The molecule has 1 fully saturated rings. The second-order valence-electron chi connectivity index (χ2n) is 4.98. The first-order chi connectivity index (χ1) is 7.69. The molecule has 0 aromatic carbocycles. The molecule has 1 aromatic rings. The van der Waals surface area contributed by atoms with Gasteiger partial charge in [-0.15, -0.1) is 0 Å². The third-order valence-corrected chi connectivity index (χ3v) is 3.59. The monoisotopic (exact) mass is 222 g/mol. The molecule has 0 saturated carbocycles. The Kier molecular flexibility index (Phi) is 3.61. The predicted octanol–water partition coefficient (Wildman–Crippen LogP) is 0.979. The molecule has 16 heavy (non-hydrogen) atoms. The highest BCUT2D eigenvalue weighted by Crippen LogP contribution is 2.22. The van der Waals surface area contributed by atoms with Gasteiger partial charge in [0.25, 0.3) is 0 Å². The van der Waals surface area contributed by atoms with Crippen molar-refractivity contribution in [1.29, 1.82) is 0 Å². The molecule has 90 valence electrons. The van der Waals surface area contributed by atoms with Gasteiger partial charge in [-0.05, 0) is 32.2 Å². The van der Waals surface area contributed by atoms with Crippen LogP contribution in [0.4, 0.5) is 0 Å². The van der Waals surface area contributed by atoms with Crippen LogP contribution in [0.1, 0.15) is 25.3 Å². The lowest BCUT2D eigenvalue weighted by atomic mass is 9.93. The number of aromatic nitrogens is 2. The van der Waals surface area contributed by atoms with Crippen LogP contribution in [-0.2, 0) is 13.6 Å². The summed E-state index contributed by atoms with van der Waals surface area (Å²) >= 11 is 0. The van der Waals surface area contributed by atoms with E-state index in [9.17, 15) is 0 Å². The molecule has 4 heteroatoms. The summed E-state index contributed by atoms with van der Waals surface area (Å²) in [4.78, 5) is 2.53. The van der Waals surface area contributed by atoms with Crippen LogP contribution >= 0.6 is 0 Å². The van der Waals surface area contributed by atoms with Gasteiger partial charge in [-0.3, -0.25) is 9.58 Å². The van der Waals surface area contributed by atoms with Gasteiger partial charge in [-0.2, -0.15) is 5.10 Å². The Balaban J connectivity index is 1.96. The van der Waals surface area contributed by atoms with Crippen molar-refractivity contribution >= 4 is 0 Å². The van der Waals surface area contributed by atoms with E-state index in [0.29, 0.717) is 12.0 Å². The van der Waals surface area contributed by atoms with Gasteiger partial charge < -0.3 is 5.73 Å². The Hall–Kier alpha value is -0.870. The van der Waals surface area contributed by atoms with Crippen LogP contribution in [0.5, 0.6) is 0 Å². The molecule has 0 spiro atoms. The smallest absolute Gasteiger partial charge is 0.0534 e. The SMILES string of the molecule is CC1CCC(CN)CN1Cc1cnn(C)c1. The fourth-order valence-corrected chi connectivity index (χ4v) is 2.46. The topological polar surface area (TPSA) is 47.1 Å².